The molecular weight excluding hydrogens is 257 g/mol. The minimum Gasteiger partial charge on any atom is -0.466 e. The summed E-state index contributed by atoms with van der Waals surface area (Å²) in [5.41, 5.74) is 6.68. The van der Waals surface area contributed by atoms with Crippen molar-refractivity contribution in [2.75, 3.05) is 6.61 Å². The zero-order valence-corrected chi connectivity index (χ0v) is 11.0. The van der Waals surface area contributed by atoms with Crippen molar-refractivity contribution in [3.8, 4) is 0 Å². The number of ether oxygens (including phenoxy) is 1. The molecule has 0 aliphatic heterocycles. The van der Waals surface area contributed by atoms with Crippen LogP contribution in [0.1, 0.15) is 25.3 Å². The van der Waals surface area contributed by atoms with E-state index in [0.717, 1.165) is 5.56 Å². The van der Waals surface area contributed by atoms with Crippen molar-refractivity contribution < 1.29 is 13.9 Å². The average Bonchev–Trinajstić information content (AvgIpc) is 2.31. The average molecular weight is 274 g/mol. The van der Waals surface area contributed by atoms with Crippen LogP contribution >= 0.6 is 11.6 Å². The molecule has 0 radical (unpaired) electrons. The van der Waals surface area contributed by atoms with Gasteiger partial charge in [0, 0.05) is 17.5 Å². The fraction of sp³-hybridized carbons (Fsp3) is 0.462. The van der Waals surface area contributed by atoms with E-state index in [1.807, 2.05) is 0 Å². The standard InChI is InChI=1S/C13H17ClFNO2/c1-2-18-13(17)6-5-11(16)7-9-3-4-10(15)8-12(9)14/h3-4,8,11H,2,5-7,16H2,1H3. The first-order valence-electron chi connectivity index (χ1n) is 5.88. The molecule has 0 saturated carbocycles. The molecule has 1 unspecified atom stereocenters. The molecule has 2 N–H and O–H groups in total. The Kier molecular flexibility index (Phi) is 6.09. The van der Waals surface area contributed by atoms with Crippen LogP contribution in [0.2, 0.25) is 5.02 Å². The van der Waals surface area contributed by atoms with Crippen molar-refractivity contribution in [2.24, 2.45) is 5.73 Å². The molecule has 0 aliphatic rings. The van der Waals surface area contributed by atoms with E-state index in [0.29, 0.717) is 24.5 Å². The lowest BCUT2D eigenvalue weighted by atomic mass is 10.0. The molecular formula is C13H17ClFNO2. The van der Waals surface area contributed by atoms with Crippen LogP contribution in [0.25, 0.3) is 0 Å². The molecule has 0 heterocycles. The third-order valence-corrected chi connectivity index (χ3v) is 2.87. The van der Waals surface area contributed by atoms with E-state index < -0.39 is 0 Å². The highest BCUT2D eigenvalue weighted by Gasteiger charge is 2.11. The number of rotatable bonds is 6. The van der Waals surface area contributed by atoms with Crippen LogP contribution in [0.15, 0.2) is 18.2 Å². The zero-order chi connectivity index (χ0) is 13.5. The largest absolute Gasteiger partial charge is 0.466 e. The molecule has 0 bridgehead atoms. The number of nitrogens with two attached hydrogens (primary N) is 1. The van der Waals surface area contributed by atoms with Gasteiger partial charge in [0.1, 0.15) is 5.82 Å². The first-order chi connectivity index (χ1) is 8.52. The first kappa shape index (κ1) is 14.9. The van der Waals surface area contributed by atoms with Gasteiger partial charge in [-0.05, 0) is 37.5 Å². The van der Waals surface area contributed by atoms with E-state index in [9.17, 15) is 9.18 Å². The van der Waals surface area contributed by atoms with Crippen LogP contribution in [-0.2, 0) is 16.0 Å². The van der Waals surface area contributed by atoms with Crippen LogP contribution in [0, 0.1) is 5.82 Å². The number of halogens is 2. The van der Waals surface area contributed by atoms with Gasteiger partial charge in [-0.2, -0.15) is 0 Å². The van der Waals surface area contributed by atoms with E-state index in [-0.39, 0.29) is 24.2 Å². The van der Waals surface area contributed by atoms with Gasteiger partial charge in [0.05, 0.1) is 6.61 Å². The van der Waals surface area contributed by atoms with Crippen LogP contribution in [0.3, 0.4) is 0 Å². The van der Waals surface area contributed by atoms with Gasteiger partial charge in [0.25, 0.3) is 0 Å². The van der Waals surface area contributed by atoms with E-state index in [2.05, 4.69) is 0 Å². The van der Waals surface area contributed by atoms with E-state index in [1.165, 1.54) is 12.1 Å². The highest BCUT2D eigenvalue weighted by Crippen LogP contribution is 2.19. The summed E-state index contributed by atoms with van der Waals surface area (Å²) in [5.74, 6) is -0.623. The van der Waals surface area contributed by atoms with Gasteiger partial charge in [0.2, 0.25) is 0 Å². The van der Waals surface area contributed by atoms with E-state index in [1.54, 1.807) is 13.0 Å². The Hall–Kier alpha value is -1.13. The van der Waals surface area contributed by atoms with Crippen LogP contribution in [0.4, 0.5) is 4.39 Å². The Morgan fingerprint density at radius 3 is 2.89 bits per heavy atom. The maximum absolute atomic E-state index is 12.8. The number of carbonyl (C=O) groups excluding carboxylic acids is 1. The molecule has 0 aromatic heterocycles. The van der Waals surface area contributed by atoms with Crippen molar-refractivity contribution in [3.63, 3.8) is 0 Å². The summed E-state index contributed by atoms with van der Waals surface area (Å²) in [7, 11) is 0. The number of carbonyl (C=O) groups is 1. The lowest BCUT2D eigenvalue weighted by Gasteiger charge is -2.12. The Bertz CT molecular complexity index is 412. The lowest BCUT2D eigenvalue weighted by Crippen LogP contribution is -2.24. The summed E-state index contributed by atoms with van der Waals surface area (Å²) >= 11 is 5.90. The number of benzene rings is 1. The van der Waals surface area contributed by atoms with Gasteiger partial charge >= 0.3 is 5.97 Å². The second-order valence-corrected chi connectivity index (χ2v) is 4.45. The molecule has 0 saturated heterocycles. The third-order valence-electron chi connectivity index (χ3n) is 2.52. The highest BCUT2D eigenvalue weighted by atomic mass is 35.5. The van der Waals surface area contributed by atoms with Crippen LogP contribution < -0.4 is 5.73 Å². The van der Waals surface area contributed by atoms with Crippen LogP contribution in [-0.4, -0.2) is 18.6 Å². The number of hydrogen-bond donors (Lipinski definition) is 1. The maximum Gasteiger partial charge on any atom is 0.305 e. The summed E-state index contributed by atoms with van der Waals surface area (Å²) in [6.45, 7) is 2.13. The summed E-state index contributed by atoms with van der Waals surface area (Å²) in [6, 6.07) is 4.02. The van der Waals surface area contributed by atoms with Crippen molar-refractivity contribution in [1.29, 1.82) is 0 Å². The minimum atomic E-state index is -0.371. The molecule has 1 atom stereocenters. The van der Waals surface area contributed by atoms with Gasteiger partial charge in [-0.15, -0.1) is 0 Å². The van der Waals surface area contributed by atoms with Crippen molar-refractivity contribution >= 4 is 17.6 Å². The topological polar surface area (TPSA) is 52.3 Å². The molecule has 5 heteroatoms. The molecule has 100 valence electrons. The number of esters is 1. The molecule has 1 rings (SSSR count). The monoisotopic (exact) mass is 273 g/mol. The molecule has 3 nitrogen and oxygen atoms in total. The molecule has 0 aliphatic carbocycles. The Labute approximate surface area is 111 Å². The zero-order valence-electron chi connectivity index (χ0n) is 10.3. The number of hydrogen-bond acceptors (Lipinski definition) is 3. The normalized spacial score (nSPS) is 12.2. The molecule has 0 fully saturated rings. The minimum absolute atomic E-state index is 0.197. The fourth-order valence-electron chi connectivity index (χ4n) is 1.61. The van der Waals surface area contributed by atoms with Crippen molar-refractivity contribution in [1.82, 2.24) is 0 Å². The second-order valence-electron chi connectivity index (χ2n) is 4.04. The predicted molar refractivity (Wildman–Crippen MR) is 69.0 cm³/mol. The molecule has 18 heavy (non-hydrogen) atoms. The van der Waals surface area contributed by atoms with Gasteiger partial charge in [-0.3, -0.25) is 4.79 Å². The molecule has 0 spiro atoms. The van der Waals surface area contributed by atoms with Gasteiger partial charge in [-0.25, -0.2) is 4.39 Å². The molecule has 1 aromatic carbocycles. The van der Waals surface area contributed by atoms with Gasteiger partial charge in [-0.1, -0.05) is 17.7 Å². The van der Waals surface area contributed by atoms with Crippen LogP contribution in [0.5, 0.6) is 0 Å². The summed E-state index contributed by atoms with van der Waals surface area (Å²) < 4.78 is 17.7. The molecule has 0 amide bonds. The highest BCUT2D eigenvalue weighted by molar-refractivity contribution is 6.31. The van der Waals surface area contributed by atoms with Crippen molar-refractivity contribution in [2.45, 2.75) is 32.2 Å². The SMILES string of the molecule is CCOC(=O)CCC(N)Cc1ccc(F)cc1Cl. The second kappa shape index (κ2) is 7.34. The summed E-state index contributed by atoms with van der Waals surface area (Å²) in [6.07, 6.45) is 1.32. The Morgan fingerprint density at radius 2 is 2.28 bits per heavy atom. The molecule has 1 aromatic rings. The third kappa shape index (κ3) is 5.02. The van der Waals surface area contributed by atoms with E-state index >= 15 is 0 Å². The first-order valence-corrected chi connectivity index (χ1v) is 6.25. The maximum atomic E-state index is 12.8. The Balaban J connectivity index is 2.44. The van der Waals surface area contributed by atoms with Gasteiger partial charge < -0.3 is 10.5 Å². The quantitative estimate of drug-likeness (QED) is 0.811. The predicted octanol–water partition coefficient (Wildman–Crippen LogP) is 2.69. The lowest BCUT2D eigenvalue weighted by molar-refractivity contribution is -0.143. The fourth-order valence-corrected chi connectivity index (χ4v) is 1.85. The summed E-state index contributed by atoms with van der Waals surface area (Å²) in [4.78, 5) is 11.2. The van der Waals surface area contributed by atoms with Gasteiger partial charge in [0.15, 0.2) is 0 Å². The summed E-state index contributed by atoms with van der Waals surface area (Å²) in [5, 5.41) is 0.363. The van der Waals surface area contributed by atoms with E-state index in [4.69, 9.17) is 22.1 Å². The van der Waals surface area contributed by atoms with Crippen molar-refractivity contribution in [3.05, 3.63) is 34.6 Å². The smallest absolute Gasteiger partial charge is 0.305 e. The Morgan fingerprint density at radius 1 is 1.56 bits per heavy atom.